The normalized spacial score (nSPS) is 10.2. The van der Waals surface area contributed by atoms with Crippen LogP contribution in [-0.2, 0) is 4.79 Å². The zero-order valence-corrected chi connectivity index (χ0v) is 12.6. The minimum Gasteiger partial charge on any atom is -0.491 e. The molecule has 0 heterocycles. The molecule has 0 unspecified atom stereocenters. The van der Waals surface area contributed by atoms with Crippen LogP contribution in [-0.4, -0.2) is 32.7 Å². The van der Waals surface area contributed by atoms with Crippen LogP contribution in [0.25, 0.3) is 0 Å². The van der Waals surface area contributed by atoms with Crippen LogP contribution in [0.2, 0.25) is 0 Å². The first kappa shape index (κ1) is 16.1. The van der Waals surface area contributed by atoms with Crippen molar-refractivity contribution in [2.45, 2.75) is 26.7 Å². The van der Waals surface area contributed by atoms with Gasteiger partial charge in [-0.15, -0.1) is 0 Å². The summed E-state index contributed by atoms with van der Waals surface area (Å²) in [5.41, 5.74) is 7.41. The Labute approximate surface area is 121 Å². The third kappa shape index (κ3) is 4.99. The van der Waals surface area contributed by atoms with Crippen LogP contribution in [0.5, 0.6) is 5.75 Å². The summed E-state index contributed by atoms with van der Waals surface area (Å²) in [6.45, 7) is 5.73. The van der Waals surface area contributed by atoms with E-state index in [1.807, 2.05) is 37.9 Å². The number of nitrogens with zero attached hydrogens (tertiary/aromatic N) is 1. The number of likely N-dealkylation sites (N-methyl/N-ethyl adjacent to an activating group) is 1. The number of carbonyl (C=O) groups excluding carboxylic acids is 1. The van der Waals surface area contributed by atoms with E-state index in [1.54, 1.807) is 6.07 Å². The second-order valence-corrected chi connectivity index (χ2v) is 4.78. The Bertz CT molecular complexity index is 435. The maximum absolute atomic E-state index is 11.7. The molecule has 0 saturated heterocycles. The minimum atomic E-state index is 0.0159. The topological polar surface area (TPSA) is 67.6 Å². The standard InChI is InChI=1S/C15H25N3O2/c1-4-8-17-15(19)11-18(3)12-6-7-13(16)14(10-12)20-9-5-2/h6-7,10H,4-5,8-9,11,16H2,1-3H3,(H,17,19). The zero-order valence-electron chi connectivity index (χ0n) is 12.6. The van der Waals surface area contributed by atoms with Gasteiger partial charge in [0.05, 0.1) is 18.8 Å². The van der Waals surface area contributed by atoms with Gasteiger partial charge >= 0.3 is 0 Å². The molecule has 3 N–H and O–H groups in total. The molecule has 1 rings (SSSR count). The van der Waals surface area contributed by atoms with Crippen molar-refractivity contribution in [1.82, 2.24) is 5.32 Å². The highest BCUT2D eigenvalue weighted by Gasteiger charge is 2.09. The molecule has 112 valence electrons. The molecule has 1 aromatic rings. The molecule has 0 bridgehead atoms. The Balaban J connectivity index is 2.67. The smallest absolute Gasteiger partial charge is 0.239 e. The molecule has 0 saturated carbocycles. The van der Waals surface area contributed by atoms with Gasteiger partial charge in [-0.25, -0.2) is 0 Å². The molecular weight excluding hydrogens is 254 g/mol. The molecule has 0 aliphatic carbocycles. The highest BCUT2D eigenvalue weighted by atomic mass is 16.5. The Morgan fingerprint density at radius 3 is 2.75 bits per heavy atom. The van der Waals surface area contributed by atoms with Crippen LogP contribution >= 0.6 is 0 Å². The van der Waals surface area contributed by atoms with E-state index >= 15 is 0 Å². The molecular formula is C15H25N3O2. The lowest BCUT2D eigenvalue weighted by molar-refractivity contribution is -0.119. The number of hydrogen-bond donors (Lipinski definition) is 2. The van der Waals surface area contributed by atoms with E-state index < -0.39 is 0 Å². The van der Waals surface area contributed by atoms with Crippen molar-refractivity contribution in [2.75, 3.05) is 37.4 Å². The van der Waals surface area contributed by atoms with Gasteiger partial charge in [-0.2, -0.15) is 0 Å². The number of hydrogen-bond acceptors (Lipinski definition) is 4. The molecule has 1 amide bonds. The molecule has 1 aromatic carbocycles. The first-order valence-corrected chi connectivity index (χ1v) is 7.08. The van der Waals surface area contributed by atoms with Crippen molar-refractivity contribution < 1.29 is 9.53 Å². The number of nitrogens with two attached hydrogens (primary N) is 1. The number of rotatable bonds is 8. The first-order valence-electron chi connectivity index (χ1n) is 7.08. The number of nitrogens with one attached hydrogen (secondary N) is 1. The second kappa shape index (κ2) is 8.30. The average Bonchev–Trinajstić information content (AvgIpc) is 2.44. The summed E-state index contributed by atoms with van der Waals surface area (Å²) in [6.07, 6.45) is 1.87. The van der Waals surface area contributed by atoms with Crippen LogP contribution in [0, 0.1) is 0 Å². The monoisotopic (exact) mass is 279 g/mol. The van der Waals surface area contributed by atoms with Gasteiger partial charge in [0.25, 0.3) is 0 Å². The quantitative estimate of drug-likeness (QED) is 0.714. The Kier molecular flexibility index (Phi) is 6.70. The van der Waals surface area contributed by atoms with Crippen LogP contribution in [0.15, 0.2) is 18.2 Å². The molecule has 0 atom stereocenters. The third-order valence-electron chi connectivity index (χ3n) is 2.85. The maximum atomic E-state index is 11.7. The van der Waals surface area contributed by atoms with Crippen molar-refractivity contribution in [3.8, 4) is 5.75 Å². The highest BCUT2D eigenvalue weighted by molar-refractivity contribution is 5.81. The van der Waals surface area contributed by atoms with Crippen LogP contribution in [0.3, 0.4) is 0 Å². The lowest BCUT2D eigenvalue weighted by atomic mass is 10.2. The molecule has 0 fully saturated rings. The van der Waals surface area contributed by atoms with E-state index in [9.17, 15) is 4.79 Å². The maximum Gasteiger partial charge on any atom is 0.239 e. The zero-order chi connectivity index (χ0) is 15.0. The van der Waals surface area contributed by atoms with Gasteiger partial charge < -0.3 is 20.7 Å². The number of nitrogen functional groups attached to an aromatic ring is 1. The van der Waals surface area contributed by atoms with Gasteiger partial charge in [0.15, 0.2) is 0 Å². The van der Waals surface area contributed by atoms with Crippen molar-refractivity contribution in [1.29, 1.82) is 0 Å². The lowest BCUT2D eigenvalue weighted by Crippen LogP contribution is -2.35. The number of carbonyl (C=O) groups is 1. The molecule has 0 aromatic heterocycles. The van der Waals surface area contributed by atoms with Gasteiger partial charge in [0.1, 0.15) is 5.75 Å². The number of amides is 1. The van der Waals surface area contributed by atoms with E-state index in [0.717, 1.165) is 18.5 Å². The van der Waals surface area contributed by atoms with Crippen LogP contribution < -0.4 is 20.7 Å². The van der Waals surface area contributed by atoms with Crippen molar-refractivity contribution in [3.63, 3.8) is 0 Å². The first-order chi connectivity index (χ1) is 9.58. The number of benzene rings is 1. The third-order valence-corrected chi connectivity index (χ3v) is 2.85. The number of anilines is 2. The van der Waals surface area contributed by atoms with Crippen molar-refractivity contribution in [2.24, 2.45) is 0 Å². The average molecular weight is 279 g/mol. The van der Waals surface area contributed by atoms with Gasteiger partial charge in [0, 0.05) is 25.3 Å². The van der Waals surface area contributed by atoms with E-state index in [1.165, 1.54) is 0 Å². The largest absolute Gasteiger partial charge is 0.491 e. The summed E-state index contributed by atoms with van der Waals surface area (Å²) in [6, 6.07) is 5.57. The van der Waals surface area contributed by atoms with E-state index in [0.29, 0.717) is 31.1 Å². The van der Waals surface area contributed by atoms with E-state index in [-0.39, 0.29) is 5.91 Å². The fourth-order valence-corrected chi connectivity index (χ4v) is 1.72. The predicted molar refractivity (Wildman–Crippen MR) is 83.2 cm³/mol. The summed E-state index contributed by atoms with van der Waals surface area (Å²) >= 11 is 0. The fraction of sp³-hybridized carbons (Fsp3) is 0.533. The molecule has 5 nitrogen and oxygen atoms in total. The SMILES string of the molecule is CCCNC(=O)CN(C)c1ccc(N)c(OCCC)c1. The van der Waals surface area contributed by atoms with Gasteiger partial charge in [-0.05, 0) is 25.0 Å². The fourth-order valence-electron chi connectivity index (χ4n) is 1.72. The van der Waals surface area contributed by atoms with Gasteiger partial charge in [-0.1, -0.05) is 13.8 Å². The molecule has 0 radical (unpaired) electrons. The summed E-state index contributed by atoms with van der Waals surface area (Å²) in [5, 5.41) is 2.86. The summed E-state index contributed by atoms with van der Waals surface area (Å²) in [7, 11) is 1.88. The highest BCUT2D eigenvalue weighted by Crippen LogP contribution is 2.27. The molecule has 20 heavy (non-hydrogen) atoms. The van der Waals surface area contributed by atoms with Gasteiger partial charge in [0.2, 0.25) is 5.91 Å². The van der Waals surface area contributed by atoms with Crippen LogP contribution in [0.4, 0.5) is 11.4 Å². The van der Waals surface area contributed by atoms with Crippen molar-refractivity contribution >= 4 is 17.3 Å². The minimum absolute atomic E-state index is 0.0159. The second-order valence-electron chi connectivity index (χ2n) is 4.78. The summed E-state index contributed by atoms with van der Waals surface area (Å²) in [4.78, 5) is 13.6. The summed E-state index contributed by atoms with van der Waals surface area (Å²) < 4.78 is 5.59. The Morgan fingerprint density at radius 2 is 2.10 bits per heavy atom. The Morgan fingerprint density at radius 1 is 1.35 bits per heavy atom. The van der Waals surface area contributed by atoms with Gasteiger partial charge in [-0.3, -0.25) is 4.79 Å². The molecule has 0 aliphatic heterocycles. The van der Waals surface area contributed by atoms with E-state index in [4.69, 9.17) is 10.5 Å². The van der Waals surface area contributed by atoms with Crippen molar-refractivity contribution in [3.05, 3.63) is 18.2 Å². The Hall–Kier alpha value is -1.91. The predicted octanol–water partition coefficient (Wildman–Crippen LogP) is 2.02. The van der Waals surface area contributed by atoms with Crippen LogP contribution in [0.1, 0.15) is 26.7 Å². The number of ether oxygens (including phenoxy) is 1. The van der Waals surface area contributed by atoms with E-state index in [2.05, 4.69) is 5.32 Å². The molecule has 5 heteroatoms. The molecule has 0 spiro atoms. The molecule has 0 aliphatic rings. The lowest BCUT2D eigenvalue weighted by Gasteiger charge is -2.20. The summed E-state index contributed by atoms with van der Waals surface area (Å²) in [5.74, 6) is 0.687.